The zero-order valence-corrected chi connectivity index (χ0v) is 11.3. The highest BCUT2D eigenvalue weighted by atomic mass is 32.1. The fourth-order valence-electron chi connectivity index (χ4n) is 1.81. The Bertz CT molecular complexity index is 324. The fraction of sp³-hybridized carbons (Fsp3) is 0.615. The topological polar surface area (TPSA) is 49.3 Å². The lowest BCUT2D eigenvalue weighted by Crippen LogP contribution is -2.42. The van der Waals surface area contributed by atoms with Crippen LogP contribution in [0.4, 0.5) is 0 Å². The maximum atomic E-state index is 11.0. The van der Waals surface area contributed by atoms with Gasteiger partial charge in [0.2, 0.25) is 0 Å². The van der Waals surface area contributed by atoms with E-state index in [9.17, 15) is 4.79 Å². The Balaban J connectivity index is 2.31. The molecule has 0 saturated carbocycles. The van der Waals surface area contributed by atoms with Crippen molar-refractivity contribution < 1.29 is 9.90 Å². The number of thiophene rings is 1. The van der Waals surface area contributed by atoms with Crippen LogP contribution in [0.25, 0.3) is 0 Å². The van der Waals surface area contributed by atoms with Crippen molar-refractivity contribution in [3.8, 4) is 0 Å². The molecular weight excluding hydrogens is 234 g/mol. The van der Waals surface area contributed by atoms with Gasteiger partial charge in [0.05, 0.1) is 0 Å². The van der Waals surface area contributed by atoms with Crippen LogP contribution in [-0.2, 0) is 11.2 Å². The summed E-state index contributed by atoms with van der Waals surface area (Å²) >= 11 is 1.70. The van der Waals surface area contributed by atoms with E-state index in [0.717, 1.165) is 19.3 Å². The van der Waals surface area contributed by atoms with Crippen LogP contribution in [0.3, 0.4) is 0 Å². The molecular formula is C13H21NO2S. The summed E-state index contributed by atoms with van der Waals surface area (Å²) in [7, 11) is 0. The molecule has 17 heavy (non-hydrogen) atoms. The van der Waals surface area contributed by atoms with Gasteiger partial charge in [-0.3, -0.25) is 4.79 Å². The van der Waals surface area contributed by atoms with Crippen molar-refractivity contribution in [2.45, 2.75) is 51.6 Å². The maximum Gasteiger partial charge on any atom is 0.320 e. The van der Waals surface area contributed by atoms with E-state index in [-0.39, 0.29) is 6.04 Å². The van der Waals surface area contributed by atoms with Crippen LogP contribution in [0.2, 0.25) is 0 Å². The van der Waals surface area contributed by atoms with Gasteiger partial charge in [-0.15, -0.1) is 0 Å². The fourth-order valence-corrected chi connectivity index (χ4v) is 2.51. The maximum absolute atomic E-state index is 11.0. The molecule has 0 aliphatic heterocycles. The van der Waals surface area contributed by atoms with Crippen LogP contribution in [0.1, 0.15) is 38.7 Å². The van der Waals surface area contributed by atoms with E-state index in [1.807, 2.05) is 6.92 Å². The number of carbonyl (C=O) groups is 1. The van der Waals surface area contributed by atoms with Crippen LogP contribution >= 0.6 is 11.3 Å². The zero-order valence-electron chi connectivity index (χ0n) is 10.5. The summed E-state index contributed by atoms with van der Waals surface area (Å²) in [5.74, 6) is -0.741. The third-order valence-corrected chi connectivity index (χ3v) is 3.54. The molecule has 4 heteroatoms. The Hall–Kier alpha value is -0.870. The Kier molecular flexibility index (Phi) is 6.22. The number of hydrogen-bond donors (Lipinski definition) is 2. The van der Waals surface area contributed by atoms with Gasteiger partial charge in [-0.2, -0.15) is 11.3 Å². The molecule has 0 spiro atoms. The van der Waals surface area contributed by atoms with Gasteiger partial charge < -0.3 is 10.4 Å². The van der Waals surface area contributed by atoms with Crippen molar-refractivity contribution >= 4 is 17.3 Å². The minimum atomic E-state index is -0.741. The Labute approximate surface area is 107 Å². The molecule has 0 fully saturated rings. The first-order valence-corrected chi connectivity index (χ1v) is 7.07. The molecule has 0 aliphatic carbocycles. The Morgan fingerprint density at radius 3 is 2.82 bits per heavy atom. The van der Waals surface area contributed by atoms with Gasteiger partial charge in [-0.05, 0) is 48.6 Å². The third kappa shape index (κ3) is 5.33. The van der Waals surface area contributed by atoms with Gasteiger partial charge in [0.25, 0.3) is 0 Å². The molecule has 0 saturated heterocycles. The predicted molar refractivity (Wildman–Crippen MR) is 71.6 cm³/mol. The average molecular weight is 255 g/mol. The first kappa shape index (κ1) is 14.2. The molecule has 1 heterocycles. The summed E-state index contributed by atoms with van der Waals surface area (Å²) < 4.78 is 0. The van der Waals surface area contributed by atoms with E-state index >= 15 is 0 Å². The van der Waals surface area contributed by atoms with Crippen molar-refractivity contribution in [2.24, 2.45) is 0 Å². The molecule has 1 aromatic rings. The monoisotopic (exact) mass is 255 g/mol. The molecule has 0 bridgehead atoms. The highest BCUT2D eigenvalue weighted by Gasteiger charge is 2.18. The largest absolute Gasteiger partial charge is 0.480 e. The molecule has 1 aromatic heterocycles. The highest BCUT2D eigenvalue weighted by molar-refractivity contribution is 7.07. The number of aryl methyl sites for hydroxylation is 1. The van der Waals surface area contributed by atoms with Gasteiger partial charge in [0.1, 0.15) is 6.04 Å². The SMILES string of the molecule is CCCC(NC(C)CCc1ccsc1)C(=O)O. The molecule has 3 nitrogen and oxygen atoms in total. The zero-order chi connectivity index (χ0) is 12.7. The highest BCUT2D eigenvalue weighted by Crippen LogP contribution is 2.10. The van der Waals surface area contributed by atoms with Crippen molar-refractivity contribution in [1.82, 2.24) is 5.32 Å². The first-order valence-electron chi connectivity index (χ1n) is 6.13. The molecule has 0 aliphatic rings. The number of nitrogens with one attached hydrogen (secondary N) is 1. The number of carboxylic acid groups (broad SMARTS) is 1. The second-order valence-corrected chi connectivity index (χ2v) is 5.20. The minimum absolute atomic E-state index is 0.238. The minimum Gasteiger partial charge on any atom is -0.480 e. The van der Waals surface area contributed by atoms with Crippen molar-refractivity contribution in [3.05, 3.63) is 22.4 Å². The van der Waals surface area contributed by atoms with Crippen LogP contribution in [0.15, 0.2) is 16.8 Å². The summed E-state index contributed by atoms with van der Waals surface area (Å²) in [6.07, 6.45) is 3.57. The Morgan fingerprint density at radius 2 is 2.29 bits per heavy atom. The van der Waals surface area contributed by atoms with Gasteiger partial charge in [-0.25, -0.2) is 0 Å². The normalized spacial score (nSPS) is 14.5. The van der Waals surface area contributed by atoms with Gasteiger partial charge in [0, 0.05) is 6.04 Å². The number of aliphatic carboxylic acids is 1. The van der Waals surface area contributed by atoms with E-state index in [1.54, 1.807) is 11.3 Å². The number of hydrogen-bond acceptors (Lipinski definition) is 3. The van der Waals surface area contributed by atoms with E-state index < -0.39 is 12.0 Å². The standard InChI is InChI=1S/C13H21NO2S/c1-3-4-12(13(15)16)14-10(2)5-6-11-7-8-17-9-11/h7-10,12,14H,3-6H2,1-2H3,(H,15,16). The van der Waals surface area contributed by atoms with Crippen LogP contribution in [0, 0.1) is 0 Å². The molecule has 1 rings (SSSR count). The summed E-state index contributed by atoms with van der Waals surface area (Å²) in [5.41, 5.74) is 1.34. The van der Waals surface area contributed by atoms with E-state index in [1.165, 1.54) is 5.56 Å². The van der Waals surface area contributed by atoms with Crippen LogP contribution in [0.5, 0.6) is 0 Å². The van der Waals surface area contributed by atoms with Crippen molar-refractivity contribution in [2.75, 3.05) is 0 Å². The molecule has 0 amide bonds. The number of rotatable bonds is 8. The molecule has 96 valence electrons. The van der Waals surface area contributed by atoms with Crippen molar-refractivity contribution in [3.63, 3.8) is 0 Å². The molecule has 0 radical (unpaired) electrons. The molecule has 2 N–H and O–H groups in total. The second-order valence-electron chi connectivity index (χ2n) is 4.42. The van der Waals surface area contributed by atoms with E-state index in [0.29, 0.717) is 6.42 Å². The lowest BCUT2D eigenvalue weighted by molar-refractivity contribution is -0.139. The summed E-state index contributed by atoms with van der Waals surface area (Å²) in [5, 5.41) is 16.4. The lowest BCUT2D eigenvalue weighted by atomic mass is 10.1. The van der Waals surface area contributed by atoms with Gasteiger partial charge in [-0.1, -0.05) is 13.3 Å². The van der Waals surface area contributed by atoms with E-state index in [2.05, 4.69) is 29.1 Å². The lowest BCUT2D eigenvalue weighted by Gasteiger charge is -2.19. The van der Waals surface area contributed by atoms with Crippen molar-refractivity contribution in [1.29, 1.82) is 0 Å². The predicted octanol–water partition coefficient (Wildman–Crippen LogP) is 2.91. The number of carboxylic acids is 1. The third-order valence-electron chi connectivity index (χ3n) is 2.81. The summed E-state index contributed by atoms with van der Waals surface area (Å²) in [6.45, 7) is 4.06. The summed E-state index contributed by atoms with van der Waals surface area (Å²) in [6, 6.07) is 1.96. The molecule has 2 unspecified atom stereocenters. The second kappa shape index (κ2) is 7.45. The van der Waals surface area contributed by atoms with Crippen LogP contribution < -0.4 is 5.32 Å². The van der Waals surface area contributed by atoms with Gasteiger partial charge >= 0.3 is 5.97 Å². The van der Waals surface area contributed by atoms with Crippen LogP contribution in [-0.4, -0.2) is 23.2 Å². The molecule has 2 atom stereocenters. The van der Waals surface area contributed by atoms with E-state index in [4.69, 9.17) is 5.11 Å². The van der Waals surface area contributed by atoms with Gasteiger partial charge in [0.15, 0.2) is 0 Å². The Morgan fingerprint density at radius 1 is 1.53 bits per heavy atom. The average Bonchev–Trinajstić information content (AvgIpc) is 2.78. The quantitative estimate of drug-likeness (QED) is 0.751. The summed E-state index contributed by atoms with van der Waals surface area (Å²) in [4.78, 5) is 11.0. The smallest absolute Gasteiger partial charge is 0.320 e. The molecule has 0 aromatic carbocycles. The first-order chi connectivity index (χ1) is 8.13.